The van der Waals surface area contributed by atoms with Crippen molar-refractivity contribution >= 4 is 6.67 Å². The average molecular weight is 359 g/mol. The van der Waals surface area contributed by atoms with E-state index in [2.05, 4.69) is 19.9 Å². The number of nitrogens with zero attached hydrogens (tertiary/aromatic N) is 4. The second-order valence-electron chi connectivity index (χ2n) is 2.51. The van der Waals surface area contributed by atoms with Gasteiger partial charge in [-0.15, -0.1) is 0 Å². The summed E-state index contributed by atoms with van der Waals surface area (Å²) in [6.07, 6.45) is 7.08. The van der Waals surface area contributed by atoms with E-state index in [-0.39, 0.29) is 0 Å². The minimum atomic E-state index is -1.44. The van der Waals surface area contributed by atoms with Gasteiger partial charge in [0.05, 0.1) is 0 Å². The molecule has 0 aliphatic heterocycles. The Labute approximate surface area is 87.9 Å². The predicted molar refractivity (Wildman–Crippen MR) is 43.3 cm³/mol. The zero-order valence-corrected chi connectivity index (χ0v) is 12.5. The number of rotatable bonds is 2. The second-order valence-corrected chi connectivity index (χ2v) is 8.80. The summed E-state index contributed by atoms with van der Waals surface area (Å²) in [6.45, 7) is 0. The van der Waals surface area contributed by atoms with Gasteiger partial charge in [0.1, 0.15) is 0 Å². The van der Waals surface area contributed by atoms with Crippen LogP contribution in [0.1, 0.15) is 0 Å². The molecule has 2 aromatic rings. The zero-order chi connectivity index (χ0) is 8.93. The molecule has 5 heteroatoms. The summed E-state index contributed by atoms with van der Waals surface area (Å²) >= 11 is -1.44. The molecule has 0 saturated carbocycles. The van der Waals surface area contributed by atoms with E-state index in [9.17, 15) is 0 Å². The van der Waals surface area contributed by atoms with E-state index in [1.54, 1.807) is 24.8 Å². The second kappa shape index (κ2) is 4.36. The van der Waals surface area contributed by atoms with Gasteiger partial charge in [0.2, 0.25) is 0 Å². The summed E-state index contributed by atoms with van der Waals surface area (Å²) in [4.78, 5) is 16.7. The maximum absolute atomic E-state index is 4.18. The molecule has 0 aliphatic carbocycles. The predicted octanol–water partition coefficient (Wildman–Crippen LogP) is -0.700. The van der Waals surface area contributed by atoms with Crippen LogP contribution in [-0.2, 0) is 24.6 Å². The molecule has 0 saturated heterocycles. The van der Waals surface area contributed by atoms with Gasteiger partial charge >= 0.3 is 88.1 Å². The van der Waals surface area contributed by atoms with E-state index in [4.69, 9.17) is 0 Å². The maximum atomic E-state index is 4.18. The minimum absolute atomic E-state index is 0.966. The molecule has 2 aromatic heterocycles. The van der Waals surface area contributed by atoms with E-state index in [1.807, 2.05) is 12.1 Å². The molecular weight excluding hydrogens is 353 g/mol. The van der Waals surface area contributed by atoms with Crippen LogP contribution in [-0.4, -0.2) is 19.9 Å². The average Bonchev–Trinajstić information content (AvgIpc) is 2.21. The molecule has 0 aliphatic rings. The van der Waals surface area contributed by atoms with Crippen molar-refractivity contribution in [1.29, 1.82) is 0 Å². The number of aromatic nitrogens is 4. The molecule has 0 N–H and O–H groups in total. The van der Waals surface area contributed by atoms with Crippen molar-refractivity contribution in [2.45, 2.75) is 0 Å². The Morgan fingerprint density at radius 1 is 0.692 bits per heavy atom. The van der Waals surface area contributed by atoms with E-state index >= 15 is 0 Å². The van der Waals surface area contributed by atoms with E-state index in [0.717, 1.165) is 6.67 Å². The van der Waals surface area contributed by atoms with E-state index in [0.29, 0.717) is 0 Å². The van der Waals surface area contributed by atoms with Gasteiger partial charge in [0.25, 0.3) is 0 Å². The first-order valence-electron chi connectivity index (χ1n) is 3.97. The first-order chi connectivity index (χ1) is 6.45. The van der Waals surface area contributed by atoms with Crippen molar-refractivity contribution in [1.82, 2.24) is 19.9 Å². The number of hydrogen-bond acceptors (Lipinski definition) is 4. The van der Waals surface area contributed by atoms with Crippen LogP contribution in [0.2, 0.25) is 0 Å². The van der Waals surface area contributed by atoms with Crippen LogP contribution in [0.25, 0.3) is 0 Å². The quantitative estimate of drug-likeness (QED) is 0.666. The summed E-state index contributed by atoms with van der Waals surface area (Å²) in [5.41, 5.74) is 0. The summed E-state index contributed by atoms with van der Waals surface area (Å²) in [6, 6.07) is 3.65. The molecule has 0 atom stereocenters. The standard InChI is InChI=1S/2C4H3N2.Hg/c2*1-2-5-4-6-3-1;/h2*1-3H;. The van der Waals surface area contributed by atoms with Gasteiger partial charge in [-0.1, -0.05) is 0 Å². The van der Waals surface area contributed by atoms with Crippen LogP contribution >= 0.6 is 0 Å². The van der Waals surface area contributed by atoms with Crippen LogP contribution < -0.4 is 6.67 Å². The van der Waals surface area contributed by atoms with Gasteiger partial charge < -0.3 is 0 Å². The molecule has 60 valence electrons. The first kappa shape index (κ1) is 8.68. The van der Waals surface area contributed by atoms with Crippen LogP contribution in [0.4, 0.5) is 0 Å². The monoisotopic (exact) mass is 360 g/mol. The fourth-order valence-electron chi connectivity index (χ4n) is 0.984. The fraction of sp³-hybridized carbons (Fsp3) is 0. The zero-order valence-electron chi connectivity index (χ0n) is 6.96. The topological polar surface area (TPSA) is 51.6 Å². The van der Waals surface area contributed by atoms with Crippen molar-refractivity contribution in [2.75, 3.05) is 0 Å². The molecule has 2 heterocycles. The molecular formula is C8H6HgN4. The van der Waals surface area contributed by atoms with Gasteiger partial charge in [-0.3, -0.25) is 0 Å². The molecule has 2 rings (SSSR count). The molecule has 0 bridgehead atoms. The number of hydrogen-bond donors (Lipinski definition) is 0. The molecule has 0 spiro atoms. The van der Waals surface area contributed by atoms with Gasteiger partial charge in [-0.2, -0.15) is 0 Å². The summed E-state index contributed by atoms with van der Waals surface area (Å²) in [5, 5.41) is 0. The Morgan fingerprint density at radius 3 is 1.46 bits per heavy atom. The van der Waals surface area contributed by atoms with Crippen LogP contribution in [0, 0.1) is 0 Å². The fourth-order valence-corrected chi connectivity index (χ4v) is 5.14. The Hall–Kier alpha value is -0.905. The normalized spacial score (nSPS) is 9.23. The molecule has 0 unspecified atom stereocenters. The third-order valence-corrected chi connectivity index (χ3v) is 6.85. The van der Waals surface area contributed by atoms with Gasteiger partial charge in [0.15, 0.2) is 0 Å². The molecule has 13 heavy (non-hydrogen) atoms. The van der Waals surface area contributed by atoms with Crippen LogP contribution in [0.5, 0.6) is 0 Å². The van der Waals surface area contributed by atoms with Gasteiger partial charge in [0, 0.05) is 0 Å². The summed E-state index contributed by atoms with van der Waals surface area (Å²) in [7, 11) is 0. The Kier molecular flexibility index (Phi) is 2.92. The summed E-state index contributed by atoms with van der Waals surface area (Å²) < 4.78 is 1.93. The van der Waals surface area contributed by atoms with Crippen LogP contribution in [0.15, 0.2) is 36.9 Å². The third kappa shape index (κ3) is 2.52. The van der Waals surface area contributed by atoms with Crippen molar-refractivity contribution in [3.8, 4) is 0 Å². The third-order valence-electron chi connectivity index (χ3n) is 1.55. The molecule has 0 amide bonds. The van der Waals surface area contributed by atoms with Gasteiger partial charge in [-0.05, 0) is 0 Å². The Balaban J connectivity index is 2.16. The Bertz CT molecular complexity index is 327. The molecule has 0 fully saturated rings. The Morgan fingerprint density at radius 2 is 1.08 bits per heavy atom. The van der Waals surface area contributed by atoms with Crippen LogP contribution in [0.3, 0.4) is 0 Å². The van der Waals surface area contributed by atoms with Crippen molar-refractivity contribution < 1.29 is 24.6 Å². The van der Waals surface area contributed by atoms with E-state index in [1.165, 1.54) is 0 Å². The van der Waals surface area contributed by atoms with Crippen molar-refractivity contribution in [2.24, 2.45) is 0 Å². The molecule has 0 radical (unpaired) electrons. The molecule has 4 nitrogen and oxygen atoms in total. The van der Waals surface area contributed by atoms with E-state index < -0.39 is 24.6 Å². The summed E-state index contributed by atoms with van der Waals surface area (Å²) in [5.74, 6) is 0. The molecule has 0 aromatic carbocycles. The first-order valence-corrected chi connectivity index (χ1v) is 9.47. The SMILES string of the molecule is c1cn[c]([Hg][c]2ncccn2)nc1. The van der Waals surface area contributed by atoms with Crippen molar-refractivity contribution in [3.05, 3.63) is 36.9 Å². The van der Waals surface area contributed by atoms with Gasteiger partial charge in [-0.25, -0.2) is 0 Å². The van der Waals surface area contributed by atoms with Crippen molar-refractivity contribution in [3.63, 3.8) is 0 Å².